The molecule has 3 amide bonds. The molecule has 0 atom stereocenters. The molecule has 37 heavy (non-hydrogen) atoms. The van der Waals surface area contributed by atoms with Gasteiger partial charge < -0.3 is 19.6 Å². The van der Waals surface area contributed by atoms with Crippen molar-refractivity contribution in [3.8, 4) is 0 Å². The number of carboxylic acid groups (broad SMARTS) is 1. The number of aromatic nitrogens is 1. The molecule has 1 saturated heterocycles. The number of amides is 3. The van der Waals surface area contributed by atoms with Crippen LogP contribution in [0.3, 0.4) is 0 Å². The highest BCUT2D eigenvalue weighted by Crippen LogP contribution is 2.40. The van der Waals surface area contributed by atoms with E-state index in [2.05, 4.69) is 10.3 Å². The summed E-state index contributed by atoms with van der Waals surface area (Å²) in [7, 11) is 0. The molecule has 11 nitrogen and oxygen atoms in total. The number of hydrazine groups is 1. The maximum atomic E-state index is 14.0. The Bertz CT molecular complexity index is 1380. The number of hydrogen-bond donors (Lipinski definition) is 2. The quantitative estimate of drug-likeness (QED) is 0.470. The highest BCUT2D eigenvalue weighted by Gasteiger charge is 2.41. The zero-order valence-corrected chi connectivity index (χ0v) is 20.4. The Balaban J connectivity index is 1.70. The van der Waals surface area contributed by atoms with Gasteiger partial charge in [0.15, 0.2) is 0 Å². The smallest absolute Gasteiger partial charge is 0.429 e. The van der Waals surface area contributed by atoms with E-state index in [0.717, 1.165) is 29.3 Å². The first-order valence-corrected chi connectivity index (χ1v) is 12.2. The number of nitrogens with zero attached hydrogens (tertiary/aromatic N) is 3. The number of carbonyl (C=O) groups excluding carboxylic acids is 3. The van der Waals surface area contributed by atoms with Crippen molar-refractivity contribution < 1.29 is 33.4 Å². The Kier molecular flexibility index (Phi) is 6.70. The molecular weight excluding hydrogens is 504 g/mol. The van der Waals surface area contributed by atoms with Gasteiger partial charge in [0.25, 0.3) is 5.91 Å². The van der Waals surface area contributed by atoms with Crippen LogP contribution in [0, 0.1) is 5.92 Å². The number of carbonyl (C=O) groups is 4. The molecule has 0 radical (unpaired) electrons. The van der Waals surface area contributed by atoms with E-state index in [-0.39, 0.29) is 46.9 Å². The third-order valence-corrected chi connectivity index (χ3v) is 6.68. The topological polar surface area (TPSA) is 142 Å². The Hall–Kier alpha value is -4.12. The first kappa shape index (κ1) is 24.6. The molecule has 2 aromatic heterocycles. The summed E-state index contributed by atoms with van der Waals surface area (Å²) < 4.78 is 11.0. The number of anilines is 2. The molecule has 2 fully saturated rings. The van der Waals surface area contributed by atoms with Crippen LogP contribution in [0.25, 0.3) is 11.0 Å². The summed E-state index contributed by atoms with van der Waals surface area (Å²) in [6.07, 6.45) is 4.46. The summed E-state index contributed by atoms with van der Waals surface area (Å²) in [6, 6.07) is 7.32. The molecule has 3 aromatic rings. The van der Waals surface area contributed by atoms with E-state index in [4.69, 9.17) is 20.8 Å². The van der Waals surface area contributed by atoms with Crippen molar-refractivity contribution in [2.24, 2.45) is 5.92 Å². The second-order valence-corrected chi connectivity index (χ2v) is 9.24. The number of pyridine rings is 1. The average Bonchev–Trinajstić information content (AvgIpc) is 3.50. The molecule has 192 valence electrons. The number of benzene rings is 1. The van der Waals surface area contributed by atoms with Crippen LogP contribution in [0.1, 0.15) is 53.0 Å². The van der Waals surface area contributed by atoms with Gasteiger partial charge in [0.2, 0.25) is 11.7 Å². The van der Waals surface area contributed by atoms with Crippen molar-refractivity contribution in [2.45, 2.75) is 32.1 Å². The number of nitrogens with one attached hydrogen (secondary N) is 1. The number of ether oxygens (including phenoxy) is 1. The molecule has 12 heteroatoms. The Morgan fingerprint density at radius 2 is 1.92 bits per heavy atom. The summed E-state index contributed by atoms with van der Waals surface area (Å²) in [5.74, 6) is -3.10. The number of cyclic esters (lactones) is 1. The fourth-order valence-electron chi connectivity index (χ4n) is 4.73. The Labute approximate surface area is 215 Å². The Morgan fingerprint density at radius 1 is 1.14 bits per heavy atom. The normalized spacial score (nSPS) is 16.0. The molecule has 1 aromatic carbocycles. The van der Waals surface area contributed by atoms with Crippen molar-refractivity contribution >= 4 is 58.0 Å². The molecule has 5 rings (SSSR count). The summed E-state index contributed by atoms with van der Waals surface area (Å²) >= 11 is 5.88. The lowest BCUT2D eigenvalue weighted by molar-refractivity contribution is -0.125. The maximum Gasteiger partial charge on any atom is 0.429 e. The number of halogens is 1. The van der Waals surface area contributed by atoms with E-state index in [0.29, 0.717) is 17.9 Å². The lowest BCUT2D eigenvalue weighted by atomic mass is 9.88. The number of rotatable bonds is 6. The predicted octanol–water partition coefficient (Wildman–Crippen LogP) is 4.71. The summed E-state index contributed by atoms with van der Waals surface area (Å²) in [5, 5.41) is 15.1. The minimum atomic E-state index is -1.28. The van der Waals surface area contributed by atoms with Crippen molar-refractivity contribution in [3.05, 3.63) is 52.9 Å². The fourth-order valence-corrected chi connectivity index (χ4v) is 4.84. The largest absolute Gasteiger partial charge is 0.478 e. The van der Waals surface area contributed by atoms with Gasteiger partial charge in [0.05, 0.1) is 22.5 Å². The molecule has 1 aliphatic carbocycles. The minimum absolute atomic E-state index is 0.0214. The third kappa shape index (κ3) is 4.69. The molecular formula is C25H23ClN4O7. The van der Waals surface area contributed by atoms with Gasteiger partial charge >= 0.3 is 12.1 Å². The maximum absolute atomic E-state index is 14.0. The van der Waals surface area contributed by atoms with E-state index < -0.39 is 29.8 Å². The van der Waals surface area contributed by atoms with Gasteiger partial charge in [-0.2, -0.15) is 0 Å². The zero-order valence-electron chi connectivity index (χ0n) is 19.6. The van der Waals surface area contributed by atoms with Gasteiger partial charge in [-0.05, 0) is 37.1 Å². The number of fused-ring (bicyclic) bond motifs is 1. The van der Waals surface area contributed by atoms with Gasteiger partial charge in [-0.3, -0.25) is 9.59 Å². The van der Waals surface area contributed by atoms with Crippen LogP contribution in [0.2, 0.25) is 5.02 Å². The minimum Gasteiger partial charge on any atom is -0.478 e. The SMILES string of the molecule is O=C(Nc1ccc(Cl)cn1)c1oc2cccc(C(=O)O)c2c1N(C(=O)C1CCCCC1)N1CCOC1=O. The molecule has 0 spiro atoms. The van der Waals surface area contributed by atoms with Gasteiger partial charge in [0.1, 0.15) is 23.7 Å². The second kappa shape index (κ2) is 10.1. The second-order valence-electron chi connectivity index (χ2n) is 8.80. The standard InChI is InChI=1S/C25H23ClN4O7/c26-15-9-10-18(27-13-15)28-22(31)21-20(19-16(24(33)34)7-4-8-17(19)37-21)30(29-11-12-36-25(29)35)23(32)14-5-2-1-3-6-14/h4,7-10,13-14H,1-3,5-6,11-12H2,(H,33,34)(H,27,28,31). The zero-order chi connectivity index (χ0) is 26.1. The highest BCUT2D eigenvalue weighted by atomic mass is 35.5. The van der Waals surface area contributed by atoms with Crippen LogP contribution in [0.4, 0.5) is 16.3 Å². The molecule has 1 saturated carbocycles. The van der Waals surface area contributed by atoms with Crippen LogP contribution in [0.5, 0.6) is 0 Å². The number of aromatic carboxylic acids is 1. The first-order valence-electron chi connectivity index (χ1n) is 11.8. The van der Waals surface area contributed by atoms with E-state index in [1.54, 1.807) is 0 Å². The van der Waals surface area contributed by atoms with Crippen LogP contribution in [-0.2, 0) is 9.53 Å². The first-order chi connectivity index (χ1) is 17.8. The van der Waals surface area contributed by atoms with Crippen molar-refractivity contribution in [3.63, 3.8) is 0 Å². The summed E-state index contributed by atoms with van der Waals surface area (Å²) in [6.45, 7) is 0.0735. The summed E-state index contributed by atoms with van der Waals surface area (Å²) in [4.78, 5) is 56.3. The number of carboxylic acids is 1. The van der Waals surface area contributed by atoms with Crippen molar-refractivity contribution in [2.75, 3.05) is 23.5 Å². The summed E-state index contributed by atoms with van der Waals surface area (Å²) in [5.41, 5.74) is -0.249. The van der Waals surface area contributed by atoms with Crippen LogP contribution < -0.4 is 10.3 Å². The highest BCUT2D eigenvalue weighted by molar-refractivity contribution is 6.30. The van der Waals surface area contributed by atoms with Crippen LogP contribution >= 0.6 is 11.6 Å². The van der Waals surface area contributed by atoms with Crippen molar-refractivity contribution in [1.82, 2.24) is 9.99 Å². The Morgan fingerprint density at radius 3 is 2.57 bits per heavy atom. The lowest BCUT2D eigenvalue weighted by Crippen LogP contribution is -2.50. The van der Waals surface area contributed by atoms with Gasteiger partial charge in [-0.25, -0.2) is 24.6 Å². The van der Waals surface area contributed by atoms with E-state index in [1.165, 1.54) is 36.5 Å². The van der Waals surface area contributed by atoms with Crippen LogP contribution in [-0.4, -0.2) is 52.1 Å². The van der Waals surface area contributed by atoms with Gasteiger partial charge in [-0.15, -0.1) is 0 Å². The molecule has 1 aliphatic heterocycles. The predicted molar refractivity (Wildman–Crippen MR) is 132 cm³/mol. The monoisotopic (exact) mass is 526 g/mol. The van der Waals surface area contributed by atoms with Gasteiger partial charge in [-0.1, -0.05) is 36.9 Å². The van der Waals surface area contributed by atoms with E-state index >= 15 is 0 Å². The average molecular weight is 527 g/mol. The van der Waals surface area contributed by atoms with E-state index in [9.17, 15) is 24.3 Å². The molecule has 2 N–H and O–H groups in total. The molecule has 3 heterocycles. The molecule has 2 aliphatic rings. The number of furan rings is 1. The third-order valence-electron chi connectivity index (χ3n) is 6.45. The lowest BCUT2D eigenvalue weighted by Gasteiger charge is -2.33. The van der Waals surface area contributed by atoms with Crippen molar-refractivity contribution in [1.29, 1.82) is 0 Å². The molecule has 0 bridgehead atoms. The van der Waals surface area contributed by atoms with E-state index in [1.807, 2.05) is 0 Å². The van der Waals surface area contributed by atoms with Gasteiger partial charge in [0, 0.05) is 12.1 Å². The number of hydrogen-bond acceptors (Lipinski definition) is 7. The fraction of sp³-hybridized carbons (Fsp3) is 0.320. The molecule has 0 unspecified atom stereocenters. The van der Waals surface area contributed by atoms with Crippen LogP contribution in [0.15, 0.2) is 40.9 Å².